The van der Waals surface area contributed by atoms with Crippen molar-refractivity contribution in [2.75, 3.05) is 39.3 Å². The summed E-state index contributed by atoms with van der Waals surface area (Å²) in [6.07, 6.45) is 1.70. The maximum atomic E-state index is 13.8. The fourth-order valence-corrected chi connectivity index (χ4v) is 5.29. The highest BCUT2D eigenvalue weighted by Crippen LogP contribution is 2.32. The van der Waals surface area contributed by atoms with Gasteiger partial charge in [0, 0.05) is 19.8 Å². The van der Waals surface area contributed by atoms with Gasteiger partial charge in [0.15, 0.2) is 22.9 Å². The Morgan fingerprint density at radius 2 is 1.87 bits per heavy atom. The molecule has 0 radical (unpaired) electrons. The number of benzene rings is 2. The highest BCUT2D eigenvalue weighted by atomic mass is 32.1. The van der Waals surface area contributed by atoms with Crippen molar-refractivity contribution in [2.45, 2.75) is 19.9 Å². The molecule has 1 aliphatic heterocycles. The molecule has 0 saturated heterocycles. The Bertz CT molecular complexity index is 1620. The van der Waals surface area contributed by atoms with E-state index in [0.717, 1.165) is 11.3 Å². The molecular weight excluding hydrogens is 522 g/mol. The first-order chi connectivity index (χ1) is 18.6. The Morgan fingerprint density at radius 3 is 2.49 bits per heavy atom. The van der Waals surface area contributed by atoms with Gasteiger partial charge >= 0.3 is 11.9 Å². The van der Waals surface area contributed by atoms with E-state index in [1.165, 1.54) is 23.0 Å². The smallest absolute Gasteiger partial charge is 0.341 e. The molecule has 39 heavy (non-hydrogen) atoms. The topological polar surface area (TPSA) is 120 Å². The molecule has 2 heterocycles. The number of carbonyl (C=O) groups is 2. The number of ether oxygens (including phenoxy) is 3. The zero-order valence-corrected chi connectivity index (χ0v) is 23.1. The third-order valence-electron chi connectivity index (χ3n) is 6.08. The summed E-state index contributed by atoms with van der Waals surface area (Å²) in [5.41, 5.74) is 2.88. The number of rotatable bonds is 9. The molecule has 1 aliphatic rings. The lowest BCUT2D eigenvalue weighted by molar-refractivity contribution is -0.140. The molecule has 0 spiro atoms. The Labute approximate surface area is 228 Å². The van der Waals surface area contributed by atoms with Crippen molar-refractivity contribution in [1.29, 1.82) is 0 Å². The molecule has 0 bridgehead atoms. The van der Waals surface area contributed by atoms with Crippen LogP contribution in [-0.4, -0.2) is 56.0 Å². The molecule has 0 aliphatic carbocycles. The van der Waals surface area contributed by atoms with E-state index >= 15 is 0 Å². The maximum Gasteiger partial charge on any atom is 0.341 e. The van der Waals surface area contributed by atoms with Gasteiger partial charge in [-0.1, -0.05) is 29.5 Å². The first-order valence-electron chi connectivity index (χ1n) is 12.1. The van der Waals surface area contributed by atoms with Crippen LogP contribution in [-0.2, 0) is 14.3 Å². The number of nitrogens with zero attached hydrogens (tertiary/aromatic N) is 3. The molecule has 1 aromatic heterocycles. The molecule has 1 N–H and O–H groups in total. The number of methoxy groups -OCH3 is 1. The molecule has 1 atom stereocenters. The number of esters is 1. The number of thiazole rings is 1. The van der Waals surface area contributed by atoms with Crippen LogP contribution < -0.4 is 29.3 Å². The lowest BCUT2D eigenvalue weighted by Gasteiger charge is -2.25. The number of hydrogen-bond donors (Lipinski definition) is 1. The van der Waals surface area contributed by atoms with E-state index in [4.69, 9.17) is 19.3 Å². The van der Waals surface area contributed by atoms with Gasteiger partial charge in [0.25, 0.3) is 5.56 Å². The molecule has 0 fully saturated rings. The van der Waals surface area contributed by atoms with Gasteiger partial charge in [-0.15, -0.1) is 0 Å². The van der Waals surface area contributed by atoms with Crippen LogP contribution in [0.5, 0.6) is 11.5 Å². The normalized spacial score (nSPS) is 14.9. The summed E-state index contributed by atoms with van der Waals surface area (Å²) in [5, 5.41) is 8.89. The second kappa shape index (κ2) is 11.6. The largest absolute Gasteiger partial charge is 0.493 e. The third kappa shape index (κ3) is 5.73. The minimum Gasteiger partial charge on any atom is -0.493 e. The molecule has 11 heteroatoms. The van der Waals surface area contributed by atoms with Crippen molar-refractivity contribution in [2.24, 2.45) is 4.99 Å². The standard InChI is InChI=1S/C28H29N3O7S/c1-6-37-27(35)24-16(2)29-28-31(25(24)18-8-10-19(11-9-18)30(3)4)26(34)22(39-28)14-17-7-12-20(21(13-17)36-5)38-15-23(32)33/h7-14,25H,6,15H2,1-5H3,(H,32,33)/b22-14+/t25-/m0/s1. The summed E-state index contributed by atoms with van der Waals surface area (Å²) in [6, 6.07) is 11.9. The van der Waals surface area contributed by atoms with Gasteiger partial charge in [-0.2, -0.15) is 0 Å². The van der Waals surface area contributed by atoms with E-state index in [1.807, 2.05) is 43.3 Å². The van der Waals surface area contributed by atoms with Crippen LogP contribution in [0.2, 0.25) is 0 Å². The van der Waals surface area contributed by atoms with Crippen molar-refractivity contribution in [3.63, 3.8) is 0 Å². The van der Waals surface area contributed by atoms with Gasteiger partial charge < -0.3 is 24.2 Å². The number of aromatic nitrogens is 1. The molecule has 0 unspecified atom stereocenters. The lowest BCUT2D eigenvalue weighted by atomic mass is 9.95. The van der Waals surface area contributed by atoms with E-state index in [1.54, 1.807) is 38.1 Å². The van der Waals surface area contributed by atoms with Crippen LogP contribution in [0.15, 0.2) is 63.5 Å². The summed E-state index contributed by atoms with van der Waals surface area (Å²) in [6.45, 7) is 3.16. The Balaban J connectivity index is 1.85. The van der Waals surface area contributed by atoms with Gasteiger partial charge in [-0.3, -0.25) is 9.36 Å². The quantitative estimate of drug-likeness (QED) is 0.403. The molecule has 0 amide bonds. The van der Waals surface area contributed by atoms with Gasteiger partial charge in [0.1, 0.15) is 0 Å². The number of anilines is 1. The van der Waals surface area contributed by atoms with Gasteiger partial charge in [-0.05, 0) is 55.3 Å². The molecule has 2 aromatic carbocycles. The van der Waals surface area contributed by atoms with Crippen LogP contribution in [0.3, 0.4) is 0 Å². The Morgan fingerprint density at radius 1 is 1.15 bits per heavy atom. The predicted molar refractivity (Wildman–Crippen MR) is 147 cm³/mol. The summed E-state index contributed by atoms with van der Waals surface area (Å²) in [4.78, 5) is 44.7. The van der Waals surface area contributed by atoms with E-state index in [2.05, 4.69) is 4.99 Å². The first-order valence-corrected chi connectivity index (χ1v) is 13.0. The number of aliphatic carboxylic acids is 1. The van der Waals surface area contributed by atoms with Crippen LogP contribution in [0, 0.1) is 0 Å². The number of carboxylic acid groups (broad SMARTS) is 1. The Kier molecular flexibility index (Phi) is 8.20. The average molecular weight is 552 g/mol. The zero-order chi connectivity index (χ0) is 28.3. The van der Waals surface area contributed by atoms with E-state index in [0.29, 0.717) is 31.9 Å². The molecule has 4 rings (SSSR count). The lowest BCUT2D eigenvalue weighted by Crippen LogP contribution is -2.39. The SMILES string of the molecule is CCOC(=O)C1=C(C)N=c2s/c(=C/c3ccc(OCC(=O)O)c(OC)c3)c(=O)n2[C@H]1c1ccc(N(C)C)cc1. The van der Waals surface area contributed by atoms with E-state index < -0.39 is 24.6 Å². The van der Waals surface area contributed by atoms with Gasteiger partial charge in [-0.25, -0.2) is 14.6 Å². The summed E-state index contributed by atoms with van der Waals surface area (Å²) in [7, 11) is 5.32. The number of hydrogen-bond acceptors (Lipinski definition) is 9. The minimum absolute atomic E-state index is 0.195. The van der Waals surface area contributed by atoms with Crippen molar-refractivity contribution >= 4 is 35.0 Å². The average Bonchev–Trinajstić information content (AvgIpc) is 3.21. The highest BCUT2D eigenvalue weighted by Gasteiger charge is 2.33. The van der Waals surface area contributed by atoms with Crippen molar-refractivity contribution in [3.05, 3.63) is 84.5 Å². The summed E-state index contributed by atoms with van der Waals surface area (Å²) in [5.74, 6) is -1.02. The Hall–Kier alpha value is -4.38. The maximum absolute atomic E-state index is 13.8. The molecule has 10 nitrogen and oxygen atoms in total. The van der Waals surface area contributed by atoms with Crippen LogP contribution in [0.4, 0.5) is 5.69 Å². The molecule has 3 aromatic rings. The number of fused-ring (bicyclic) bond motifs is 1. The number of carboxylic acids is 1. The monoisotopic (exact) mass is 551 g/mol. The van der Waals surface area contributed by atoms with Crippen LogP contribution in [0.1, 0.15) is 31.0 Å². The summed E-state index contributed by atoms with van der Waals surface area (Å²) >= 11 is 1.21. The number of carbonyl (C=O) groups excluding carboxylic acids is 1. The predicted octanol–water partition coefficient (Wildman–Crippen LogP) is 2.34. The molecular formula is C28H29N3O7S. The highest BCUT2D eigenvalue weighted by molar-refractivity contribution is 7.07. The molecule has 204 valence electrons. The van der Waals surface area contributed by atoms with Crippen LogP contribution >= 0.6 is 11.3 Å². The second-order valence-electron chi connectivity index (χ2n) is 8.88. The number of allylic oxidation sites excluding steroid dienone is 1. The minimum atomic E-state index is -1.11. The van der Waals surface area contributed by atoms with Gasteiger partial charge in [0.2, 0.25) is 0 Å². The molecule has 0 saturated carbocycles. The third-order valence-corrected chi connectivity index (χ3v) is 7.06. The van der Waals surface area contributed by atoms with Crippen molar-refractivity contribution in [1.82, 2.24) is 4.57 Å². The van der Waals surface area contributed by atoms with Crippen molar-refractivity contribution in [3.8, 4) is 11.5 Å². The second-order valence-corrected chi connectivity index (χ2v) is 9.89. The first kappa shape index (κ1) is 27.6. The van der Waals surface area contributed by atoms with E-state index in [-0.39, 0.29) is 17.9 Å². The van der Waals surface area contributed by atoms with Crippen molar-refractivity contribution < 1.29 is 28.9 Å². The van der Waals surface area contributed by atoms with Gasteiger partial charge in [0.05, 0.1) is 35.6 Å². The van der Waals surface area contributed by atoms with E-state index in [9.17, 15) is 14.4 Å². The zero-order valence-electron chi connectivity index (χ0n) is 22.3. The summed E-state index contributed by atoms with van der Waals surface area (Å²) < 4.78 is 17.9. The fourth-order valence-electron chi connectivity index (χ4n) is 4.25. The van der Waals surface area contributed by atoms with Crippen LogP contribution in [0.25, 0.3) is 6.08 Å². The fraction of sp³-hybridized carbons (Fsp3) is 0.286.